The molecular formula is C21H32FN9O. The van der Waals surface area contributed by atoms with Crippen molar-refractivity contribution in [1.82, 2.24) is 20.0 Å². The zero-order chi connectivity index (χ0) is 23.8. The number of nitrogens with two attached hydrogens (primary N) is 2. The predicted octanol–water partition coefficient (Wildman–Crippen LogP) is 2.83. The average Bonchev–Trinajstić information content (AvgIpc) is 3.27. The minimum atomic E-state index is -0.798. The van der Waals surface area contributed by atoms with Crippen LogP contribution < -0.4 is 22.1 Å². The number of amides is 1. The van der Waals surface area contributed by atoms with Gasteiger partial charge in [0, 0.05) is 35.9 Å². The second kappa shape index (κ2) is 11.3. The molecule has 32 heavy (non-hydrogen) atoms. The normalized spacial score (nSPS) is 15.2. The van der Waals surface area contributed by atoms with Crippen molar-refractivity contribution in [3.05, 3.63) is 41.7 Å². The molecule has 6 N–H and O–H groups in total. The fourth-order valence-corrected chi connectivity index (χ4v) is 2.83. The highest BCUT2D eigenvalue weighted by Crippen LogP contribution is 2.22. The number of pyridine rings is 1. The van der Waals surface area contributed by atoms with Crippen molar-refractivity contribution >= 4 is 23.3 Å². The summed E-state index contributed by atoms with van der Waals surface area (Å²) in [5, 5.41) is 13.8. The lowest BCUT2D eigenvalue weighted by Crippen LogP contribution is -2.36. The van der Waals surface area contributed by atoms with Crippen LogP contribution in [0.4, 0.5) is 16.0 Å². The fourth-order valence-electron chi connectivity index (χ4n) is 2.83. The van der Waals surface area contributed by atoms with Crippen LogP contribution in [0.15, 0.2) is 35.3 Å². The zero-order valence-corrected chi connectivity index (χ0v) is 19.1. The Hall–Kier alpha value is -3.34. The van der Waals surface area contributed by atoms with Crippen molar-refractivity contribution in [2.45, 2.75) is 65.6 Å². The van der Waals surface area contributed by atoms with Gasteiger partial charge in [-0.3, -0.25) is 9.79 Å². The molecule has 3 atom stereocenters. The molecule has 2 heterocycles. The third kappa shape index (κ3) is 6.58. The van der Waals surface area contributed by atoms with E-state index in [2.05, 4.69) is 37.8 Å². The first-order chi connectivity index (χ1) is 15.1. The number of hydrogen-bond acceptors (Lipinski definition) is 8. The molecule has 2 aromatic rings. The van der Waals surface area contributed by atoms with Crippen LogP contribution in [0.1, 0.15) is 63.9 Å². The van der Waals surface area contributed by atoms with Crippen LogP contribution in [0.5, 0.6) is 0 Å². The molecule has 0 saturated carbocycles. The van der Waals surface area contributed by atoms with Gasteiger partial charge in [-0.15, -0.1) is 5.10 Å². The van der Waals surface area contributed by atoms with E-state index in [4.69, 9.17) is 11.5 Å². The number of carbonyl (C=O) groups is 1. The van der Waals surface area contributed by atoms with Crippen molar-refractivity contribution in [1.29, 1.82) is 0 Å². The highest BCUT2D eigenvalue weighted by atomic mass is 19.1. The Kier molecular flexibility index (Phi) is 8.82. The summed E-state index contributed by atoms with van der Waals surface area (Å²) in [5.74, 6) is -1.38. The van der Waals surface area contributed by atoms with Crippen molar-refractivity contribution in [3.63, 3.8) is 0 Å². The minimum Gasteiger partial charge on any atom is -0.365 e. The number of aliphatic imine (C=N–C) groups is 1. The summed E-state index contributed by atoms with van der Waals surface area (Å²) in [4.78, 5) is 20.7. The maximum absolute atomic E-state index is 14.5. The van der Waals surface area contributed by atoms with E-state index >= 15 is 0 Å². The quantitative estimate of drug-likeness (QED) is 0.388. The Labute approximate surface area is 187 Å². The maximum Gasteiger partial charge on any atom is 0.252 e. The predicted molar refractivity (Wildman–Crippen MR) is 124 cm³/mol. The second-order valence-electron chi connectivity index (χ2n) is 7.74. The molecule has 2 aromatic heterocycles. The number of nitrogens with zero attached hydrogens (tertiary/aromatic N) is 5. The van der Waals surface area contributed by atoms with Crippen molar-refractivity contribution in [2.24, 2.45) is 16.5 Å². The lowest BCUT2D eigenvalue weighted by Gasteiger charge is -2.20. The minimum absolute atomic E-state index is 0.0231. The van der Waals surface area contributed by atoms with Gasteiger partial charge >= 0.3 is 0 Å². The first-order valence-corrected chi connectivity index (χ1v) is 10.5. The van der Waals surface area contributed by atoms with Gasteiger partial charge in [0.1, 0.15) is 5.82 Å². The van der Waals surface area contributed by atoms with Crippen LogP contribution in [0, 0.1) is 5.82 Å². The van der Waals surface area contributed by atoms with E-state index in [1.54, 1.807) is 37.1 Å². The van der Waals surface area contributed by atoms with Crippen LogP contribution in [0.3, 0.4) is 0 Å². The third-order valence-corrected chi connectivity index (χ3v) is 4.96. The molecule has 1 amide bonds. The van der Waals surface area contributed by atoms with Gasteiger partial charge in [0.15, 0.2) is 11.6 Å². The first-order valence-electron chi connectivity index (χ1n) is 10.5. The summed E-state index contributed by atoms with van der Waals surface area (Å²) >= 11 is 0. The van der Waals surface area contributed by atoms with Crippen LogP contribution in [0.2, 0.25) is 0 Å². The summed E-state index contributed by atoms with van der Waals surface area (Å²) < 4.78 is 16.2. The van der Waals surface area contributed by atoms with E-state index in [0.717, 1.165) is 24.6 Å². The summed E-state index contributed by atoms with van der Waals surface area (Å²) in [6.45, 7) is 9.43. The molecule has 0 radical (unpaired) electrons. The van der Waals surface area contributed by atoms with Gasteiger partial charge in [-0.25, -0.2) is 14.1 Å². The van der Waals surface area contributed by atoms with Gasteiger partial charge in [0.05, 0.1) is 17.8 Å². The molecule has 0 aromatic carbocycles. The second-order valence-corrected chi connectivity index (χ2v) is 7.74. The third-order valence-electron chi connectivity index (χ3n) is 4.96. The van der Waals surface area contributed by atoms with Crippen LogP contribution in [0.25, 0.3) is 0 Å². The van der Waals surface area contributed by atoms with Crippen molar-refractivity contribution in [3.8, 4) is 0 Å². The first kappa shape index (κ1) is 24.9. The smallest absolute Gasteiger partial charge is 0.252 e. The molecule has 10 nitrogen and oxygen atoms in total. The van der Waals surface area contributed by atoms with Crippen LogP contribution in [-0.2, 0) is 0 Å². The van der Waals surface area contributed by atoms with Crippen LogP contribution >= 0.6 is 0 Å². The molecule has 0 spiro atoms. The summed E-state index contributed by atoms with van der Waals surface area (Å²) in [6, 6.07) is 0.519. The van der Waals surface area contributed by atoms with Crippen LogP contribution in [-0.4, -0.2) is 43.7 Å². The highest BCUT2D eigenvalue weighted by Gasteiger charge is 2.18. The van der Waals surface area contributed by atoms with Gasteiger partial charge in [-0.1, -0.05) is 18.6 Å². The van der Waals surface area contributed by atoms with Gasteiger partial charge in [-0.2, -0.15) is 0 Å². The molecule has 0 aliphatic carbocycles. The van der Waals surface area contributed by atoms with E-state index in [1.165, 1.54) is 0 Å². The van der Waals surface area contributed by atoms with Gasteiger partial charge < -0.3 is 22.1 Å². The zero-order valence-electron chi connectivity index (χ0n) is 19.1. The molecule has 11 heteroatoms. The van der Waals surface area contributed by atoms with Gasteiger partial charge in [0.25, 0.3) is 5.91 Å². The maximum atomic E-state index is 14.5. The topological polar surface area (TPSA) is 149 Å². The number of halogens is 1. The van der Waals surface area contributed by atoms with E-state index in [0.29, 0.717) is 5.70 Å². The molecule has 0 aliphatic heterocycles. The van der Waals surface area contributed by atoms with E-state index in [-0.39, 0.29) is 35.3 Å². The fraction of sp³-hybridized carbons (Fsp3) is 0.476. The van der Waals surface area contributed by atoms with E-state index < -0.39 is 11.7 Å². The number of allylic oxidation sites excluding steroid dienone is 1. The number of anilines is 2. The number of hydrogen-bond donors (Lipinski definition) is 4. The Bertz CT molecular complexity index is 970. The lowest BCUT2D eigenvalue weighted by atomic mass is 10.1. The Balaban J connectivity index is 2.32. The SMILES string of the molecule is CCC/C(=N/C=C(\C)Nc1nc(NC(C)C(C)N)c(F)cc1C(N)=O)C(C)n1ccnn1. The van der Waals surface area contributed by atoms with Crippen molar-refractivity contribution in [2.75, 3.05) is 10.6 Å². The largest absolute Gasteiger partial charge is 0.365 e. The number of nitrogens with one attached hydrogen (secondary N) is 2. The highest BCUT2D eigenvalue weighted by molar-refractivity contribution is 5.98. The lowest BCUT2D eigenvalue weighted by molar-refractivity contribution is 0.100. The van der Waals surface area contributed by atoms with Gasteiger partial charge in [-0.05, 0) is 40.2 Å². The number of rotatable bonds is 11. The molecule has 174 valence electrons. The molecular weight excluding hydrogens is 413 g/mol. The Morgan fingerprint density at radius 3 is 2.62 bits per heavy atom. The molecule has 0 aliphatic rings. The molecule has 3 unspecified atom stereocenters. The number of primary amides is 1. The molecule has 0 bridgehead atoms. The summed E-state index contributed by atoms with van der Waals surface area (Å²) in [5.41, 5.74) is 12.7. The van der Waals surface area contributed by atoms with Crippen molar-refractivity contribution < 1.29 is 9.18 Å². The molecule has 2 rings (SSSR count). The van der Waals surface area contributed by atoms with E-state index in [1.807, 2.05) is 13.8 Å². The van der Waals surface area contributed by atoms with Gasteiger partial charge in [0.2, 0.25) is 0 Å². The van der Waals surface area contributed by atoms with E-state index in [9.17, 15) is 9.18 Å². The molecule has 0 fully saturated rings. The standard InChI is InChI=1S/C21H32FN9O/c1-6-7-18(15(5)31-9-8-26-30-31)25-11-12(2)27-20-16(19(24)32)10-17(22)21(29-20)28-14(4)13(3)23/h8-11,13-15H,6-7,23H2,1-5H3,(H2,24,32)(H2,27,28,29)/b12-11+,25-18-. The molecule has 0 saturated heterocycles. The summed E-state index contributed by atoms with van der Waals surface area (Å²) in [7, 11) is 0. The monoisotopic (exact) mass is 445 g/mol. The Morgan fingerprint density at radius 1 is 1.34 bits per heavy atom. The Morgan fingerprint density at radius 2 is 2.06 bits per heavy atom. The average molecular weight is 446 g/mol. The summed E-state index contributed by atoms with van der Waals surface area (Å²) in [6.07, 6.45) is 6.72. The number of aromatic nitrogens is 4. The number of carbonyl (C=O) groups excluding carboxylic acids is 1.